The van der Waals surface area contributed by atoms with Gasteiger partial charge in [0.15, 0.2) is 0 Å². The van der Waals surface area contributed by atoms with Crippen molar-refractivity contribution in [3.63, 3.8) is 0 Å². The van der Waals surface area contributed by atoms with Crippen molar-refractivity contribution in [2.24, 2.45) is 13.0 Å². The molecule has 0 spiro atoms. The Hall–Kier alpha value is -0.870. The molecule has 4 nitrogen and oxygen atoms in total. The fourth-order valence-electron chi connectivity index (χ4n) is 3.06. The molecule has 1 atom stereocenters. The Morgan fingerprint density at radius 2 is 2.10 bits per heavy atom. The standard InChI is InChI=1S/C16H30N4/c1-13-6-10-20(11-7-13)9-5-8-17-14(2)16-12-19(4)18-15(16)3/h12-14,17H,5-11H2,1-4H3. The van der Waals surface area contributed by atoms with Crippen molar-refractivity contribution in [1.29, 1.82) is 0 Å². The van der Waals surface area contributed by atoms with Gasteiger partial charge in [0.2, 0.25) is 0 Å². The van der Waals surface area contributed by atoms with Gasteiger partial charge in [-0.2, -0.15) is 5.10 Å². The molecule has 0 bridgehead atoms. The van der Waals surface area contributed by atoms with Crippen molar-refractivity contribution in [3.8, 4) is 0 Å². The van der Waals surface area contributed by atoms with Gasteiger partial charge in [0.25, 0.3) is 0 Å². The molecule has 0 saturated carbocycles. The summed E-state index contributed by atoms with van der Waals surface area (Å²) in [7, 11) is 1.99. The number of hydrogen-bond acceptors (Lipinski definition) is 3. The summed E-state index contributed by atoms with van der Waals surface area (Å²) in [6, 6.07) is 0.394. The molecule has 0 aromatic carbocycles. The molecular weight excluding hydrogens is 248 g/mol. The second-order valence-corrected chi connectivity index (χ2v) is 6.40. The van der Waals surface area contributed by atoms with Crippen molar-refractivity contribution in [2.45, 2.75) is 46.1 Å². The van der Waals surface area contributed by atoms with Crippen molar-refractivity contribution >= 4 is 0 Å². The minimum absolute atomic E-state index is 0.394. The third-order valence-electron chi connectivity index (χ3n) is 4.50. The smallest absolute Gasteiger partial charge is 0.0641 e. The summed E-state index contributed by atoms with van der Waals surface area (Å²) in [5.41, 5.74) is 2.46. The van der Waals surface area contributed by atoms with Crippen LogP contribution in [0.4, 0.5) is 0 Å². The van der Waals surface area contributed by atoms with Gasteiger partial charge in [-0.1, -0.05) is 6.92 Å². The van der Waals surface area contributed by atoms with Gasteiger partial charge in [0.1, 0.15) is 0 Å². The topological polar surface area (TPSA) is 33.1 Å². The predicted octanol–water partition coefficient (Wildman–Crippen LogP) is 2.50. The quantitative estimate of drug-likeness (QED) is 0.812. The Labute approximate surface area is 123 Å². The Balaban J connectivity index is 1.64. The van der Waals surface area contributed by atoms with Crippen LogP contribution in [0, 0.1) is 12.8 Å². The number of nitrogens with zero attached hydrogens (tertiary/aromatic N) is 3. The van der Waals surface area contributed by atoms with E-state index in [2.05, 4.69) is 42.3 Å². The van der Waals surface area contributed by atoms with E-state index in [1.807, 2.05) is 11.7 Å². The molecule has 2 rings (SSSR count). The summed E-state index contributed by atoms with van der Waals surface area (Å²) in [5, 5.41) is 8.03. The van der Waals surface area contributed by atoms with Crippen LogP contribution in [0.1, 0.15) is 50.4 Å². The van der Waals surface area contributed by atoms with E-state index in [1.54, 1.807) is 0 Å². The van der Waals surface area contributed by atoms with Crippen molar-refractivity contribution in [3.05, 3.63) is 17.5 Å². The largest absolute Gasteiger partial charge is 0.310 e. The van der Waals surface area contributed by atoms with Crippen LogP contribution in [-0.4, -0.2) is 40.9 Å². The van der Waals surface area contributed by atoms with Gasteiger partial charge < -0.3 is 10.2 Å². The third kappa shape index (κ3) is 4.32. The minimum atomic E-state index is 0.394. The highest BCUT2D eigenvalue weighted by Crippen LogP contribution is 2.17. The van der Waals surface area contributed by atoms with Crippen LogP contribution >= 0.6 is 0 Å². The lowest BCUT2D eigenvalue weighted by Crippen LogP contribution is -2.35. The van der Waals surface area contributed by atoms with Crippen LogP contribution in [0.3, 0.4) is 0 Å². The Morgan fingerprint density at radius 1 is 1.40 bits per heavy atom. The third-order valence-corrected chi connectivity index (χ3v) is 4.50. The van der Waals surface area contributed by atoms with Crippen molar-refractivity contribution in [2.75, 3.05) is 26.2 Å². The summed E-state index contributed by atoms with van der Waals surface area (Å²) < 4.78 is 1.90. The van der Waals surface area contributed by atoms with Crippen LogP contribution in [0.5, 0.6) is 0 Å². The predicted molar refractivity (Wildman–Crippen MR) is 83.8 cm³/mol. The molecule has 0 amide bonds. The van der Waals surface area contributed by atoms with E-state index in [9.17, 15) is 0 Å². The van der Waals surface area contributed by atoms with Crippen LogP contribution < -0.4 is 5.32 Å². The molecule has 1 aliphatic rings. The lowest BCUT2D eigenvalue weighted by Gasteiger charge is -2.30. The fourth-order valence-corrected chi connectivity index (χ4v) is 3.06. The normalized spacial score (nSPS) is 19.4. The number of rotatable bonds is 6. The monoisotopic (exact) mass is 278 g/mol. The highest BCUT2D eigenvalue weighted by molar-refractivity contribution is 5.19. The summed E-state index contributed by atoms with van der Waals surface area (Å²) >= 11 is 0. The maximum Gasteiger partial charge on any atom is 0.0641 e. The van der Waals surface area contributed by atoms with E-state index < -0.39 is 0 Å². The fraction of sp³-hybridized carbons (Fsp3) is 0.812. The summed E-state index contributed by atoms with van der Waals surface area (Å²) in [6.07, 6.45) is 6.11. The van der Waals surface area contributed by atoms with E-state index in [0.29, 0.717) is 6.04 Å². The first-order valence-electron chi connectivity index (χ1n) is 8.02. The number of likely N-dealkylation sites (tertiary alicyclic amines) is 1. The van der Waals surface area contributed by atoms with Crippen LogP contribution in [0.2, 0.25) is 0 Å². The van der Waals surface area contributed by atoms with Gasteiger partial charge in [0, 0.05) is 24.8 Å². The van der Waals surface area contributed by atoms with Gasteiger partial charge in [-0.05, 0) is 65.2 Å². The maximum atomic E-state index is 4.41. The summed E-state index contributed by atoms with van der Waals surface area (Å²) in [6.45, 7) is 11.6. The molecule has 1 aromatic rings. The zero-order valence-electron chi connectivity index (χ0n) is 13.5. The molecule has 0 radical (unpaired) electrons. The minimum Gasteiger partial charge on any atom is -0.310 e. The van der Waals surface area contributed by atoms with Gasteiger partial charge in [-0.3, -0.25) is 4.68 Å². The van der Waals surface area contributed by atoms with E-state index in [4.69, 9.17) is 0 Å². The Kier molecular flexibility index (Phi) is 5.61. The van der Waals surface area contributed by atoms with Crippen LogP contribution in [-0.2, 0) is 7.05 Å². The first-order chi connectivity index (χ1) is 9.56. The van der Waals surface area contributed by atoms with Gasteiger partial charge >= 0.3 is 0 Å². The lowest BCUT2D eigenvalue weighted by atomic mass is 9.99. The summed E-state index contributed by atoms with van der Waals surface area (Å²) in [5.74, 6) is 0.929. The average molecular weight is 278 g/mol. The molecule has 1 N–H and O–H groups in total. The zero-order valence-corrected chi connectivity index (χ0v) is 13.5. The van der Waals surface area contributed by atoms with Crippen LogP contribution in [0.25, 0.3) is 0 Å². The van der Waals surface area contributed by atoms with Gasteiger partial charge in [-0.25, -0.2) is 0 Å². The second kappa shape index (κ2) is 7.23. The first kappa shape index (κ1) is 15.5. The highest BCUT2D eigenvalue weighted by atomic mass is 15.3. The van der Waals surface area contributed by atoms with Crippen LogP contribution in [0.15, 0.2) is 6.20 Å². The molecule has 1 unspecified atom stereocenters. The second-order valence-electron chi connectivity index (χ2n) is 6.40. The lowest BCUT2D eigenvalue weighted by molar-refractivity contribution is 0.190. The molecule has 1 aromatic heterocycles. The molecule has 1 saturated heterocycles. The zero-order chi connectivity index (χ0) is 14.5. The molecule has 2 heterocycles. The SMILES string of the molecule is Cc1nn(C)cc1C(C)NCCCN1CCC(C)CC1. The molecule has 4 heteroatoms. The molecular formula is C16H30N4. The van der Waals surface area contributed by atoms with E-state index >= 15 is 0 Å². The maximum absolute atomic E-state index is 4.41. The summed E-state index contributed by atoms with van der Waals surface area (Å²) in [4.78, 5) is 2.61. The number of nitrogens with one attached hydrogen (secondary N) is 1. The van der Waals surface area contributed by atoms with Crippen molar-refractivity contribution in [1.82, 2.24) is 20.0 Å². The first-order valence-corrected chi connectivity index (χ1v) is 8.02. The number of piperidine rings is 1. The Bertz CT molecular complexity index is 405. The van der Waals surface area contributed by atoms with Gasteiger partial charge in [-0.15, -0.1) is 0 Å². The van der Waals surface area contributed by atoms with E-state index in [1.165, 1.54) is 44.5 Å². The highest BCUT2D eigenvalue weighted by Gasteiger charge is 2.15. The number of aryl methyl sites for hydroxylation is 2. The van der Waals surface area contributed by atoms with E-state index in [0.717, 1.165) is 18.2 Å². The molecule has 1 aliphatic heterocycles. The Morgan fingerprint density at radius 3 is 2.70 bits per heavy atom. The number of aromatic nitrogens is 2. The molecule has 0 aliphatic carbocycles. The van der Waals surface area contributed by atoms with Gasteiger partial charge in [0.05, 0.1) is 5.69 Å². The number of hydrogen-bond donors (Lipinski definition) is 1. The molecule has 20 heavy (non-hydrogen) atoms. The average Bonchev–Trinajstić information content (AvgIpc) is 2.75. The molecule has 114 valence electrons. The van der Waals surface area contributed by atoms with Crippen molar-refractivity contribution < 1.29 is 0 Å². The van der Waals surface area contributed by atoms with E-state index in [-0.39, 0.29) is 0 Å². The molecule has 1 fully saturated rings.